The zero-order valence-electron chi connectivity index (χ0n) is 17.3. The summed E-state index contributed by atoms with van der Waals surface area (Å²) in [5.74, 6) is 0.298. The van der Waals surface area contributed by atoms with Gasteiger partial charge in [-0.05, 0) is 61.5 Å². The standard InChI is InChI=1S/C22H27N3O4S/c1-3-4-5-6-7-14-29-18-11-9-17(10-12-18)21(26)24-22(30)23-19-13-8-16(2)15-20(19)25(27)28/h8-13,15H,3-7,14H2,1-2H3,(H2,23,24,26,30). The van der Waals surface area contributed by atoms with Crippen molar-refractivity contribution in [3.05, 3.63) is 63.7 Å². The highest BCUT2D eigenvalue weighted by Crippen LogP contribution is 2.25. The van der Waals surface area contributed by atoms with Crippen LogP contribution in [0.1, 0.15) is 54.9 Å². The van der Waals surface area contributed by atoms with Crippen LogP contribution >= 0.6 is 12.2 Å². The fourth-order valence-electron chi connectivity index (χ4n) is 2.83. The van der Waals surface area contributed by atoms with Gasteiger partial charge in [-0.25, -0.2) is 0 Å². The summed E-state index contributed by atoms with van der Waals surface area (Å²) in [6.07, 6.45) is 5.84. The van der Waals surface area contributed by atoms with Gasteiger partial charge in [0.1, 0.15) is 11.4 Å². The molecule has 8 heteroatoms. The quantitative estimate of drug-likeness (QED) is 0.228. The molecule has 30 heavy (non-hydrogen) atoms. The first-order valence-corrected chi connectivity index (χ1v) is 10.4. The number of nitrogens with zero attached hydrogens (tertiary/aromatic N) is 1. The molecule has 0 atom stereocenters. The number of aryl methyl sites for hydroxylation is 1. The minimum Gasteiger partial charge on any atom is -0.494 e. The van der Waals surface area contributed by atoms with Gasteiger partial charge in [-0.15, -0.1) is 0 Å². The molecule has 0 saturated carbocycles. The first kappa shape index (κ1) is 23.3. The second kappa shape index (κ2) is 11.9. The number of nitrogens with one attached hydrogen (secondary N) is 2. The highest BCUT2D eigenvalue weighted by atomic mass is 32.1. The fraction of sp³-hybridized carbons (Fsp3) is 0.364. The minimum atomic E-state index is -0.498. The lowest BCUT2D eigenvalue weighted by Gasteiger charge is -2.11. The third-order valence-corrected chi connectivity index (χ3v) is 4.66. The Labute approximate surface area is 182 Å². The number of anilines is 1. The second-order valence-electron chi connectivity index (χ2n) is 6.97. The van der Waals surface area contributed by atoms with E-state index < -0.39 is 10.8 Å². The molecule has 2 N–H and O–H groups in total. The maximum Gasteiger partial charge on any atom is 0.292 e. The molecule has 0 spiro atoms. The summed E-state index contributed by atoms with van der Waals surface area (Å²) in [6, 6.07) is 11.5. The van der Waals surface area contributed by atoms with Crippen LogP contribution in [0.4, 0.5) is 11.4 Å². The van der Waals surface area contributed by atoms with Crippen molar-refractivity contribution < 1.29 is 14.5 Å². The van der Waals surface area contributed by atoms with E-state index >= 15 is 0 Å². The van der Waals surface area contributed by atoms with Gasteiger partial charge >= 0.3 is 0 Å². The summed E-state index contributed by atoms with van der Waals surface area (Å²) < 4.78 is 5.69. The molecule has 2 aromatic carbocycles. The summed E-state index contributed by atoms with van der Waals surface area (Å²) >= 11 is 5.13. The lowest BCUT2D eigenvalue weighted by molar-refractivity contribution is -0.383. The Morgan fingerprint density at radius 1 is 1.10 bits per heavy atom. The highest BCUT2D eigenvalue weighted by molar-refractivity contribution is 7.80. The molecule has 1 amide bonds. The van der Waals surface area contributed by atoms with Crippen molar-refractivity contribution in [3.63, 3.8) is 0 Å². The van der Waals surface area contributed by atoms with Gasteiger partial charge in [0, 0.05) is 11.6 Å². The van der Waals surface area contributed by atoms with Gasteiger partial charge in [0.05, 0.1) is 11.5 Å². The number of nitro benzene ring substituents is 1. The van der Waals surface area contributed by atoms with Gasteiger partial charge in [-0.2, -0.15) is 0 Å². The van der Waals surface area contributed by atoms with Crippen molar-refractivity contribution in [1.29, 1.82) is 0 Å². The monoisotopic (exact) mass is 429 g/mol. The van der Waals surface area contributed by atoms with Gasteiger partial charge in [0.25, 0.3) is 11.6 Å². The fourth-order valence-corrected chi connectivity index (χ4v) is 3.03. The Morgan fingerprint density at radius 3 is 2.47 bits per heavy atom. The SMILES string of the molecule is CCCCCCCOc1ccc(C(=O)NC(=S)Nc2ccc(C)cc2[N+](=O)[O-])cc1. The van der Waals surface area contributed by atoms with E-state index in [9.17, 15) is 14.9 Å². The summed E-state index contributed by atoms with van der Waals surface area (Å²) in [5, 5.41) is 16.4. The molecule has 0 unspecified atom stereocenters. The Kier molecular flexibility index (Phi) is 9.21. The van der Waals surface area contributed by atoms with Crippen molar-refractivity contribution in [2.45, 2.75) is 46.0 Å². The number of unbranched alkanes of at least 4 members (excludes halogenated alkanes) is 4. The maximum absolute atomic E-state index is 12.4. The van der Waals surface area contributed by atoms with Gasteiger partial charge < -0.3 is 10.1 Å². The molecule has 7 nitrogen and oxygen atoms in total. The third-order valence-electron chi connectivity index (χ3n) is 4.46. The van der Waals surface area contributed by atoms with E-state index in [2.05, 4.69) is 17.6 Å². The third kappa shape index (κ3) is 7.44. The molecule has 0 aliphatic carbocycles. The summed E-state index contributed by atoms with van der Waals surface area (Å²) in [6.45, 7) is 4.60. The summed E-state index contributed by atoms with van der Waals surface area (Å²) in [7, 11) is 0. The normalized spacial score (nSPS) is 10.3. The number of carbonyl (C=O) groups excluding carboxylic acids is 1. The van der Waals surface area contributed by atoms with Crippen LogP contribution < -0.4 is 15.4 Å². The molecule has 0 saturated heterocycles. The Balaban J connectivity index is 1.86. The molecule has 2 aromatic rings. The second-order valence-corrected chi connectivity index (χ2v) is 7.38. The lowest BCUT2D eigenvalue weighted by Crippen LogP contribution is -2.34. The van der Waals surface area contributed by atoms with Gasteiger partial charge in [-0.3, -0.25) is 20.2 Å². The van der Waals surface area contributed by atoms with Crippen LogP contribution in [0.15, 0.2) is 42.5 Å². The number of rotatable bonds is 10. The predicted octanol–water partition coefficient (Wildman–Crippen LogP) is 5.38. The number of hydrogen-bond donors (Lipinski definition) is 2. The van der Waals surface area contributed by atoms with Crippen LogP contribution in [0.2, 0.25) is 0 Å². The van der Waals surface area contributed by atoms with Crippen molar-refractivity contribution >= 4 is 34.6 Å². The largest absolute Gasteiger partial charge is 0.494 e. The summed E-state index contributed by atoms with van der Waals surface area (Å²) in [5.41, 5.74) is 1.28. The maximum atomic E-state index is 12.4. The summed E-state index contributed by atoms with van der Waals surface area (Å²) in [4.78, 5) is 23.1. The van der Waals surface area contributed by atoms with E-state index in [0.29, 0.717) is 17.9 Å². The molecule has 160 valence electrons. The van der Waals surface area contributed by atoms with Crippen molar-refractivity contribution in [3.8, 4) is 5.75 Å². The number of amides is 1. The molecule has 0 fully saturated rings. The highest BCUT2D eigenvalue weighted by Gasteiger charge is 2.16. The Hall–Kier alpha value is -3.00. The van der Waals surface area contributed by atoms with E-state index in [1.165, 1.54) is 25.3 Å². The molecule has 0 heterocycles. The zero-order chi connectivity index (χ0) is 21.9. The van der Waals surface area contributed by atoms with Gasteiger partial charge in [0.2, 0.25) is 0 Å². The molecule has 0 radical (unpaired) electrons. The van der Waals surface area contributed by atoms with Crippen molar-refractivity contribution in [2.75, 3.05) is 11.9 Å². The molecule has 0 bridgehead atoms. The average molecular weight is 430 g/mol. The molecule has 0 aliphatic heterocycles. The number of hydrogen-bond acceptors (Lipinski definition) is 5. The smallest absolute Gasteiger partial charge is 0.292 e. The number of nitro groups is 1. The topological polar surface area (TPSA) is 93.5 Å². The Morgan fingerprint density at radius 2 is 1.80 bits per heavy atom. The van der Waals surface area contributed by atoms with Crippen LogP contribution in [0, 0.1) is 17.0 Å². The molecule has 0 aliphatic rings. The number of thiocarbonyl (C=S) groups is 1. The van der Waals surface area contributed by atoms with Crippen LogP contribution in [0.5, 0.6) is 5.75 Å². The van der Waals surface area contributed by atoms with Gasteiger partial charge in [-0.1, -0.05) is 38.7 Å². The lowest BCUT2D eigenvalue weighted by atomic mass is 10.2. The van der Waals surface area contributed by atoms with E-state index in [1.54, 1.807) is 43.3 Å². The molecule has 2 rings (SSSR count). The van der Waals surface area contributed by atoms with Crippen LogP contribution in [-0.2, 0) is 0 Å². The number of benzene rings is 2. The molecular weight excluding hydrogens is 402 g/mol. The predicted molar refractivity (Wildman–Crippen MR) is 122 cm³/mol. The van der Waals surface area contributed by atoms with E-state index in [-0.39, 0.29) is 16.5 Å². The zero-order valence-corrected chi connectivity index (χ0v) is 18.1. The number of ether oxygens (including phenoxy) is 1. The van der Waals surface area contributed by atoms with Crippen LogP contribution in [0.25, 0.3) is 0 Å². The van der Waals surface area contributed by atoms with E-state index in [1.807, 2.05) is 0 Å². The van der Waals surface area contributed by atoms with Crippen LogP contribution in [0.3, 0.4) is 0 Å². The van der Waals surface area contributed by atoms with Gasteiger partial charge in [0.15, 0.2) is 5.11 Å². The first-order valence-electron chi connectivity index (χ1n) is 10.0. The minimum absolute atomic E-state index is 0.0145. The van der Waals surface area contributed by atoms with Crippen LogP contribution in [-0.4, -0.2) is 22.5 Å². The van der Waals surface area contributed by atoms with Crippen molar-refractivity contribution in [1.82, 2.24) is 5.32 Å². The molecular formula is C22H27N3O4S. The Bertz CT molecular complexity index is 884. The molecule has 0 aromatic heterocycles. The van der Waals surface area contributed by atoms with E-state index in [4.69, 9.17) is 17.0 Å². The van der Waals surface area contributed by atoms with Crippen molar-refractivity contribution in [2.24, 2.45) is 0 Å². The number of carbonyl (C=O) groups is 1. The van der Waals surface area contributed by atoms with E-state index in [0.717, 1.165) is 18.4 Å². The average Bonchev–Trinajstić information content (AvgIpc) is 2.72. The first-order chi connectivity index (χ1) is 14.4.